The summed E-state index contributed by atoms with van der Waals surface area (Å²) >= 11 is 1.67. The molecule has 1 aromatic carbocycles. The average Bonchev–Trinajstić information content (AvgIpc) is 3.03. The van der Waals surface area contributed by atoms with Crippen LogP contribution in [0.25, 0.3) is 15.8 Å². The van der Waals surface area contributed by atoms with E-state index in [1.807, 2.05) is 50.4 Å². The van der Waals surface area contributed by atoms with Gasteiger partial charge in [-0.15, -0.1) is 16.4 Å². The van der Waals surface area contributed by atoms with Crippen molar-refractivity contribution in [2.75, 3.05) is 0 Å². The van der Waals surface area contributed by atoms with Crippen molar-refractivity contribution >= 4 is 27.4 Å². The normalized spacial score (nSPS) is 12.0. The number of thiophene rings is 1. The number of hydrogen-bond acceptors (Lipinski definition) is 4. The monoisotopic (exact) mass is 301 g/mol. The fourth-order valence-corrected chi connectivity index (χ4v) is 3.14. The molecule has 108 valence electrons. The molecule has 0 bridgehead atoms. The predicted octanol–water partition coefficient (Wildman–Crippen LogP) is 3.48. The lowest BCUT2D eigenvalue weighted by molar-refractivity contribution is 0.0687. The van der Waals surface area contributed by atoms with Crippen molar-refractivity contribution in [2.24, 2.45) is 0 Å². The zero-order valence-corrected chi connectivity index (χ0v) is 12.8. The van der Waals surface area contributed by atoms with Crippen LogP contribution in [0.2, 0.25) is 0 Å². The molecular weight excluding hydrogens is 286 g/mol. The van der Waals surface area contributed by atoms with E-state index in [0.717, 1.165) is 11.1 Å². The molecule has 0 aliphatic carbocycles. The Kier molecular flexibility index (Phi) is 3.06. The van der Waals surface area contributed by atoms with E-state index in [1.165, 1.54) is 4.70 Å². The first-order valence-corrected chi connectivity index (χ1v) is 7.43. The molecule has 0 spiro atoms. The third-order valence-electron chi connectivity index (χ3n) is 3.26. The SMILES string of the molecule is CC(C)(C)c1c(C(=O)O)nnn1-c1ccc2sccc2c1. The van der Waals surface area contributed by atoms with Gasteiger partial charge in [-0.2, -0.15) is 0 Å². The molecule has 0 radical (unpaired) electrons. The van der Waals surface area contributed by atoms with E-state index in [1.54, 1.807) is 16.0 Å². The highest BCUT2D eigenvalue weighted by atomic mass is 32.1. The molecule has 0 aliphatic heterocycles. The average molecular weight is 301 g/mol. The molecular formula is C15H15N3O2S. The van der Waals surface area contributed by atoms with Crippen LogP contribution in [0.3, 0.4) is 0 Å². The summed E-state index contributed by atoms with van der Waals surface area (Å²) in [6, 6.07) is 7.99. The van der Waals surface area contributed by atoms with Crippen molar-refractivity contribution in [3.8, 4) is 5.69 Å². The first-order valence-electron chi connectivity index (χ1n) is 6.55. The van der Waals surface area contributed by atoms with E-state index in [0.29, 0.717) is 5.69 Å². The Morgan fingerprint density at radius 3 is 2.71 bits per heavy atom. The van der Waals surface area contributed by atoms with Gasteiger partial charge in [0.15, 0.2) is 5.69 Å². The first-order chi connectivity index (χ1) is 9.88. The molecule has 2 aromatic heterocycles. The second kappa shape index (κ2) is 4.66. The summed E-state index contributed by atoms with van der Waals surface area (Å²) in [4.78, 5) is 11.4. The second-order valence-electron chi connectivity index (χ2n) is 5.90. The number of aromatic carboxylic acids is 1. The van der Waals surface area contributed by atoms with Crippen LogP contribution in [0.5, 0.6) is 0 Å². The van der Waals surface area contributed by atoms with Crippen molar-refractivity contribution in [2.45, 2.75) is 26.2 Å². The lowest BCUT2D eigenvalue weighted by atomic mass is 9.90. The smallest absolute Gasteiger partial charge is 0.358 e. The quantitative estimate of drug-likeness (QED) is 0.787. The maximum atomic E-state index is 11.4. The van der Waals surface area contributed by atoms with Gasteiger partial charge in [-0.3, -0.25) is 0 Å². The van der Waals surface area contributed by atoms with E-state index < -0.39 is 5.97 Å². The largest absolute Gasteiger partial charge is 0.476 e. The minimum absolute atomic E-state index is 0.00733. The van der Waals surface area contributed by atoms with Gasteiger partial charge in [-0.05, 0) is 35.0 Å². The molecule has 6 heteroatoms. The number of rotatable bonds is 2. The van der Waals surface area contributed by atoms with Crippen LogP contribution in [0, 0.1) is 0 Å². The van der Waals surface area contributed by atoms with E-state index in [-0.39, 0.29) is 11.1 Å². The maximum Gasteiger partial charge on any atom is 0.358 e. The number of hydrogen-bond donors (Lipinski definition) is 1. The van der Waals surface area contributed by atoms with Gasteiger partial charge in [0, 0.05) is 10.1 Å². The van der Waals surface area contributed by atoms with Gasteiger partial charge in [0.2, 0.25) is 0 Å². The molecule has 3 rings (SSSR count). The molecule has 0 saturated heterocycles. The number of fused-ring (bicyclic) bond motifs is 1. The number of nitrogens with zero attached hydrogens (tertiary/aromatic N) is 3. The van der Waals surface area contributed by atoms with Crippen LogP contribution in [0.15, 0.2) is 29.6 Å². The highest BCUT2D eigenvalue weighted by Gasteiger charge is 2.29. The number of benzene rings is 1. The fraction of sp³-hybridized carbons (Fsp3) is 0.267. The minimum atomic E-state index is -1.05. The number of carboxylic acid groups (broad SMARTS) is 1. The molecule has 2 heterocycles. The molecule has 0 saturated carbocycles. The molecule has 3 aromatic rings. The van der Waals surface area contributed by atoms with E-state index >= 15 is 0 Å². The second-order valence-corrected chi connectivity index (χ2v) is 6.84. The summed E-state index contributed by atoms with van der Waals surface area (Å²) < 4.78 is 2.82. The molecule has 1 N–H and O–H groups in total. The van der Waals surface area contributed by atoms with Gasteiger partial charge in [-0.25, -0.2) is 9.48 Å². The number of carboxylic acids is 1. The Balaban J connectivity index is 2.24. The molecule has 21 heavy (non-hydrogen) atoms. The highest BCUT2D eigenvalue weighted by Crippen LogP contribution is 2.29. The Labute approximate surface area is 125 Å². The summed E-state index contributed by atoms with van der Waals surface area (Å²) in [5.41, 5.74) is 1.06. The lowest BCUT2D eigenvalue weighted by Gasteiger charge is -2.20. The third kappa shape index (κ3) is 2.31. The van der Waals surface area contributed by atoms with Crippen LogP contribution in [0.1, 0.15) is 37.0 Å². The van der Waals surface area contributed by atoms with E-state index in [2.05, 4.69) is 10.3 Å². The molecule has 0 aliphatic rings. The minimum Gasteiger partial charge on any atom is -0.476 e. The number of carbonyl (C=O) groups is 1. The lowest BCUT2D eigenvalue weighted by Crippen LogP contribution is -2.21. The summed E-state index contributed by atoms with van der Waals surface area (Å²) in [6.07, 6.45) is 0. The van der Waals surface area contributed by atoms with Crippen molar-refractivity contribution in [1.29, 1.82) is 0 Å². The number of aromatic nitrogens is 3. The molecule has 0 fully saturated rings. The van der Waals surface area contributed by atoms with Crippen LogP contribution >= 0.6 is 11.3 Å². The van der Waals surface area contributed by atoms with Gasteiger partial charge >= 0.3 is 5.97 Å². The van der Waals surface area contributed by atoms with Crippen molar-refractivity contribution in [1.82, 2.24) is 15.0 Å². The molecule has 0 atom stereocenters. The van der Waals surface area contributed by atoms with Crippen molar-refractivity contribution < 1.29 is 9.90 Å². The Hall–Kier alpha value is -2.21. The zero-order chi connectivity index (χ0) is 15.2. The first kappa shape index (κ1) is 13.8. The van der Waals surface area contributed by atoms with Gasteiger partial charge in [0.25, 0.3) is 0 Å². The summed E-state index contributed by atoms with van der Waals surface area (Å²) in [6.45, 7) is 5.87. The molecule has 5 nitrogen and oxygen atoms in total. The Bertz CT molecular complexity index is 827. The highest BCUT2D eigenvalue weighted by molar-refractivity contribution is 7.17. The summed E-state index contributed by atoms with van der Waals surface area (Å²) in [5, 5.41) is 20.4. The summed E-state index contributed by atoms with van der Waals surface area (Å²) in [7, 11) is 0. The standard InChI is InChI=1S/C15H15N3O2S/c1-15(2,3)13-12(14(19)20)16-17-18(13)10-4-5-11-9(8-10)6-7-21-11/h4-8H,1-3H3,(H,19,20). The van der Waals surface area contributed by atoms with Gasteiger partial charge in [0.1, 0.15) is 0 Å². The van der Waals surface area contributed by atoms with Crippen LogP contribution in [-0.4, -0.2) is 26.1 Å². The summed E-state index contributed by atoms with van der Waals surface area (Å²) in [5.74, 6) is -1.05. The van der Waals surface area contributed by atoms with E-state index in [4.69, 9.17) is 0 Å². The molecule has 0 amide bonds. The zero-order valence-electron chi connectivity index (χ0n) is 12.0. The van der Waals surface area contributed by atoms with Crippen molar-refractivity contribution in [3.05, 3.63) is 41.0 Å². The third-order valence-corrected chi connectivity index (χ3v) is 4.16. The Morgan fingerprint density at radius 1 is 1.29 bits per heavy atom. The molecule has 0 unspecified atom stereocenters. The van der Waals surface area contributed by atoms with Gasteiger partial charge in [0.05, 0.1) is 11.4 Å². The Morgan fingerprint density at radius 2 is 2.05 bits per heavy atom. The topological polar surface area (TPSA) is 68.0 Å². The van der Waals surface area contributed by atoms with Crippen LogP contribution in [0.4, 0.5) is 0 Å². The van der Waals surface area contributed by atoms with Gasteiger partial charge in [-0.1, -0.05) is 26.0 Å². The van der Waals surface area contributed by atoms with Crippen molar-refractivity contribution in [3.63, 3.8) is 0 Å². The van der Waals surface area contributed by atoms with Crippen LogP contribution in [-0.2, 0) is 5.41 Å². The maximum absolute atomic E-state index is 11.4. The van der Waals surface area contributed by atoms with Crippen LogP contribution < -0.4 is 0 Å². The predicted molar refractivity (Wildman–Crippen MR) is 82.4 cm³/mol. The fourth-order valence-electron chi connectivity index (χ4n) is 2.37. The van der Waals surface area contributed by atoms with Gasteiger partial charge < -0.3 is 5.11 Å². The van der Waals surface area contributed by atoms with E-state index in [9.17, 15) is 9.90 Å².